The molecule has 1 aromatic rings. The topological polar surface area (TPSA) is 35.5 Å². The molecule has 0 spiro atoms. The largest absolute Gasteiger partial charge is 0.465 e. The van der Waals surface area contributed by atoms with E-state index in [0.717, 1.165) is 31.4 Å². The summed E-state index contributed by atoms with van der Waals surface area (Å²) in [4.78, 5) is 11.3. The number of esters is 1. The molecule has 36 heavy (non-hydrogen) atoms. The minimum Gasteiger partial charge on any atom is -0.465 e. The van der Waals surface area contributed by atoms with Gasteiger partial charge in [-0.25, -0.2) is 4.79 Å². The van der Waals surface area contributed by atoms with E-state index in [9.17, 15) is 70.7 Å². The third-order valence-corrected chi connectivity index (χ3v) is 4.82. The van der Waals surface area contributed by atoms with Crippen molar-refractivity contribution >= 4 is 5.97 Å². The summed E-state index contributed by atoms with van der Waals surface area (Å²) >= 11 is 0. The summed E-state index contributed by atoms with van der Waals surface area (Å²) in [5.74, 6) is -47.9. The lowest BCUT2D eigenvalue weighted by atomic mass is 9.88. The zero-order valence-corrected chi connectivity index (χ0v) is 17.5. The maximum atomic E-state index is 14.2. The van der Waals surface area contributed by atoms with E-state index >= 15 is 0 Å². The number of benzene rings is 1. The van der Waals surface area contributed by atoms with Crippen LogP contribution in [0.1, 0.15) is 28.4 Å². The van der Waals surface area contributed by atoms with Gasteiger partial charge in [0.2, 0.25) is 0 Å². The summed E-state index contributed by atoms with van der Waals surface area (Å²) in [6, 6.07) is 3.15. The van der Waals surface area contributed by atoms with Crippen molar-refractivity contribution in [2.45, 2.75) is 54.2 Å². The first-order valence-electron chi connectivity index (χ1n) is 8.92. The summed E-state index contributed by atoms with van der Waals surface area (Å²) in [6.07, 6.45) is -12.7. The molecule has 0 amide bonds. The van der Waals surface area contributed by atoms with E-state index < -0.39 is 65.8 Å². The Morgan fingerprint density at radius 1 is 0.667 bits per heavy atom. The summed E-state index contributed by atoms with van der Waals surface area (Å²) in [5, 5.41) is 0. The van der Waals surface area contributed by atoms with E-state index in [-0.39, 0.29) is 5.56 Å². The lowest BCUT2D eigenvalue weighted by Gasteiger charge is -2.42. The smallest absolute Gasteiger partial charge is 0.460 e. The SMILES string of the molecule is COC(=O)c1ccc(C(CC(F)(F)C(F)(F)C(F)(F)C(F)(F)C(F)(F)C(F)(F)C(F)(F)F)OC)cc1. The van der Waals surface area contributed by atoms with Crippen molar-refractivity contribution in [3.05, 3.63) is 35.4 Å². The summed E-state index contributed by atoms with van der Waals surface area (Å²) < 4.78 is 208. The van der Waals surface area contributed by atoms with Gasteiger partial charge in [0, 0.05) is 13.5 Å². The van der Waals surface area contributed by atoms with E-state index in [1.807, 2.05) is 0 Å². The molecular weight excluding hydrogens is 549 g/mol. The number of carbonyl (C=O) groups excluding carboxylic acids is 1. The first kappa shape index (κ1) is 31.6. The quantitative estimate of drug-likeness (QED) is 0.230. The van der Waals surface area contributed by atoms with Crippen molar-refractivity contribution in [3.63, 3.8) is 0 Å². The fourth-order valence-corrected chi connectivity index (χ4v) is 2.65. The number of hydrogen-bond acceptors (Lipinski definition) is 3. The molecule has 0 saturated carbocycles. The molecule has 3 nitrogen and oxygen atoms in total. The van der Waals surface area contributed by atoms with Crippen molar-refractivity contribution in [2.24, 2.45) is 0 Å². The first-order valence-corrected chi connectivity index (χ1v) is 8.92. The molecule has 1 atom stereocenters. The highest BCUT2D eigenvalue weighted by molar-refractivity contribution is 5.89. The van der Waals surface area contributed by atoms with Gasteiger partial charge in [0.25, 0.3) is 0 Å². The Kier molecular flexibility index (Phi) is 8.33. The molecule has 1 rings (SSSR count). The van der Waals surface area contributed by atoms with E-state index in [4.69, 9.17) is 0 Å². The molecule has 0 saturated heterocycles. The number of methoxy groups -OCH3 is 2. The van der Waals surface area contributed by atoms with Gasteiger partial charge in [0.1, 0.15) is 0 Å². The molecule has 18 heteroatoms. The number of alkyl halides is 15. The minimum atomic E-state index is -8.35. The molecule has 0 aromatic heterocycles. The third kappa shape index (κ3) is 4.79. The van der Waals surface area contributed by atoms with Crippen LogP contribution in [0.2, 0.25) is 0 Å². The molecule has 0 bridgehead atoms. The van der Waals surface area contributed by atoms with Crippen LogP contribution in [0.25, 0.3) is 0 Å². The van der Waals surface area contributed by atoms with Gasteiger partial charge in [0.05, 0.1) is 18.8 Å². The predicted molar refractivity (Wildman–Crippen MR) is 87.9 cm³/mol. The average Bonchev–Trinajstić information content (AvgIpc) is 2.75. The molecule has 1 unspecified atom stereocenters. The molecule has 0 aliphatic rings. The molecule has 0 N–H and O–H groups in total. The van der Waals surface area contributed by atoms with Crippen molar-refractivity contribution in [1.82, 2.24) is 0 Å². The van der Waals surface area contributed by atoms with E-state index in [1.54, 1.807) is 0 Å². The zero-order chi connectivity index (χ0) is 28.8. The highest BCUT2D eigenvalue weighted by atomic mass is 19.4. The highest BCUT2D eigenvalue weighted by Crippen LogP contribution is 2.63. The molecule has 0 radical (unpaired) electrons. The monoisotopic (exact) mass is 562 g/mol. The van der Waals surface area contributed by atoms with Crippen LogP contribution in [0.3, 0.4) is 0 Å². The first-order chi connectivity index (χ1) is 15.9. The molecule has 0 heterocycles. The Labute approximate surface area is 191 Å². The van der Waals surface area contributed by atoms with Gasteiger partial charge < -0.3 is 9.47 Å². The van der Waals surface area contributed by atoms with Crippen LogP contribution in [0.15, 0.2) is 24.3 Å². The van der Waals surface area contributed by atoms with E-state index in [0.29, 0.717) is 7.11 Å². The number of carbonyl (C=O) groups is 1. The van der Waals surface area contributed by atoms with Crippen LogP contribution in [0, 0.1) is 0 Å². The van der Waals surface area contributed by atoms with Crippen LogP contribution < -0.4 is 0 Å². The van der Waals surface area contributed by atoms with Gasteiger partial charge in [-0.2, -0.15) is 65.9 Å². The van der Waals surface area contributed by atoms with Gasteiger partial charge in [-0.15, -0.1) is 0 Å². The Morgan fingerprint density at radius 2 is 1.06 bits per heavy atom. The molecule has 208 valence electrons. The molecule has 0 aliphatic heterocycles. The average molecular weight is 562 g/mol. The Morgan fingerprint density at radius 3 is 1.42 bits per heavy atom. The second-order valence-corrected chi connectivity index (χ2v) is 7.12. The Hall–Kier alpha value is -2.40. The van der Waals surface area contributed by atoms with Crippen molar-refractivity contribution in [1.29, 1.82) is 0 Å². The number of ether oxygens (including phenoxy) is 2. The normalized spacial score (nSPS) is 15.6. The van der Waals surface area contributed by atoms with Gasteiger partial charge in [-0.1, -0.05) is 12.1 Å². The molecule has 1 aromatic carbocycles. The molecule has 0 aliphatic carbocycles. The molecule has 0 fully saturated rings. The minimum absolute atomic E-state index is 0.243. The number of hydrogen-bond donors (Lipinski definition) is 0. The fourth-order valence-electron chi connectivity index (χ4n) is 2.65. The van der Waals surface area contributed by atoms with Gasteiger partial charge in [0.15, 0.2) is 0 Å². The predicted octanol–water partition coefficient (Wildman–Crippen LogP) is 6.92. The second kappa shape index (κ2) is 9.48. The number of rotatable bonds is 10. The van der Waals surface area contributed by atoms with Gasteiger partial charge in [-0.3, -0.25) is 0 Å². The standard InChI is InChI=1S/C18H13F15O3/c1-35-10(8-3-5-9(6-4-8)11(34)36-2)7-12(19,20)13(21,22)14(23,24)15(25,26)16(27,28)17(29,30)18(31,32)33/h3-6,10H,7H2,1-2H3. The van der Waals surface area contributed by atoms with Gasteiger partial charge >= 0.3 is 47.7 Å². The van der Waals surface area contributed by atoms with Crippen molar-refractivity contribution < 1.29 is 80.1 Å². The fraction of sp³-hybridized carbons (Fsp3) is 0.611. The number of halogens is 15. The zero-order valence-electron chi connectivity index (χ0n) is 17.5. The van der Waals surface area contributed by atoms with Crippen molar-refractivity contribution in [2.75, 3.05) is 14.2 Å². The van der Waals surface area contributed by atoms with Crippen molar-refractivity contribution in [3.8, 4) is 0 Å². The van der Waals surface area contributed by atoms with Crippen LogP contribution in [-0.2, 0) is 9.47 Å². The Bertz CT molecular complexity index is 923. The van der Waals surface area contributed by atoms with Crippen LogP contribution in [0.4, 0.5) is 65.9 Å². The lowest BCUT2D eigenvalue weighted by Crippen LogP contribution is -2.72. The molecular formula is C18H13F15O3. The highest BCUT2D eigenvalue weighted by Gasteiger charge is 2.93. The van der Waals surface area contributed by atoms with Crippen LogP contribution in [0.5, 0.6) is 0 Å². The van der Waals surface area contributed by atoms with Crippen LogP contribution >= 0.6 is 0 Å². The maximum absolute atomic E-state index is 14.2. The Balaban J connectivity index is 3.46. The maximum Gasteiger partial charge on any atom is 0.460 e. The summed E-state index contributed by atoms with van der Waals surface area (Å²) in [7, 11) is 1.46. The van der Waals surface area contributed by atoms with Crippen LogP contribution in [-0.4, -0.2) is 61.9 Å². The summed E-state index contributed by atoms with van der Waals surface area (Å²) in [5.41, 5.74) is -0.822. The van der Waals surface area contributed by atoms with Gasteiger partial charge in [-0.05, 0) is 17.7 Å². The summed E-state index contributed by atoms with van der Waals surface area (Å²) in [6.45, 7) is 0. The van der Waals surface area contributed by atoms with E-state index in [2.05, 4.69) is 9.47 Å². The third-order valence-electron chi connectivity index (χ3n) is 4.82. The second-order valence-electron chi connectivity index (χ2n) is 7.12. The lowest BCUT2D eigenvalue weighted by molar-refractivity contribution is -0.453. The van der Waals surface area contributed by atoms with E-state index in [1.165, 1.54) is 0 Å².